The summed E-state index contributed by atoms with van der Waals surface area (Å²) in [7, 11) is 0. The van der Waals surface area contributed by atoms with Crippen molar-refractivity contribution in [3.8, 4) is 0 Å². The zero-order chi connectivity index (χ0) is 20.8. The van der Waals surface area contributed by atoms with Gasteiger partial charge in [-0.05, 0) is 47.2 Å². The van der Waals surface area contributed by atoms with Crippen molar-refractivity contribution >= 4 is 34.8 Å². The number of hydrogen-bond acceptors (Lipinski definition) is 3. The molecule has 28 heavy (non-hydrogen) atoms. The van der Waals surface area contributed by atoms with E-state index in [1.54, 1.807) is 24.3 Å². The van der Waals surface area contributed by atoms with Crippen LogP contribution >= 0.6 is 0 Å². The minimum atomic E-state index is -0.749. The van der Waals surface area contributed by atoms with Gasteiger partial charge in [0.2, 0.25) is 5.91 Å². The summed E-state index contributed by atoms with van der Waals surface area (Å²) in [6.45, 7) is 9.61. The van der Waals surface area contributed by atoms with Crippen molar-refractivity contribution in [2.45, 2.75) is 46.5 Å². The highest BCUT2D eigenvalue weighted by atomic mass is 16.2. The molecule has 0 fully saturated rings. The highest BCUT2D eigenvalue weighted by molar-refractivity contribution is 6.43. The van der Waals surface area contributed by atoms with E-state index >= 15 is 0 Å². The van der Waals surface area contributed by atoms with E-state index in [2.05, 4.69) is 16.0 Å². The Bertz CT molecular complexity index is 845. The lowest BCUT2D eigenvalue weighted by Crippen LogP contribution is -2.30. The fourth-order valence-electron chi connectivity index (χ4n) is 2.89. The highest BCUT2D eigenvalue weighted by Crippen LogP contribution is 2.32. The van der Waals surface area contributed by atoms with Crippen LogP contribution in [0.1, 0.15) is 57.6 Å². The van der Waals surface area contributed by atoms with Crippen molar-refractivity contribution < 1.29 is 14.4 Å². The lowest BCUT2D eigenvalue weighted by Gasteiger charge is -2.20. The molecular formula is C22H27N3O3. The third kappa shape index (κ3) is 5.42. The maximum Gasteiger partial charge on any atom is 0.314 e. The fourth-order valence-corrected chi connectivity index (χ4v) is 2.89. The molecule has 0 aliphatic rings. The average Bonchev–Trinajstić information content (AvgIpc) is 2.62. The zero-order valence-corrected chi connectivity index (χ0v) is 16.9. The van der Waals surface area contributed by atoms with E-state index in [9.17, 15) is 14.4 Å². The first-order valence-electron chi connectivity index (χ1n) is 9.31. The number of rotatable bonds is 5. The Labute approximate surface area is 165 Å². The number of carbonyl (C=O) groups is 3. The molecule has 6 nitrogen and oxygen atoms in total. The van der Waals surface area contributed by atoms with Crippen LogP contribution in [0.3, 0.4) is 0 Å². The van der Waals surface area contributed by atoms with Gasteiger partial charge in [0.1, 0.15) is 0 Å². The van der Waals surface area contributed by atoms with Gasteiger partial charge in [-0.25, -0.2) is 0 Å². The van der Waals surface area contributed by atoms with Gasteiger partial charge in [0.15, 0.2) is 0 Å². The Morgan fingerprint density at radius 3 is 1.54 bits per heavy atom. The largest absolute Gasteiger partial charge is 0.326 e. The summed E-state index contributed by atoms with van der Waals surface area (Å²) >= 11 is 0. The van der Waals surface area contributed by atoms with Crippen LogP contribution in [0, 0.1) is 0 Å². The van der Waals surface area contributed by atoms with Crippen molar-refractivity contribution in [3.05, 3.63) is 53.6 Å². The summed E-state index contributed by atoms with van der Waals surface area (Å²) in [6, 6.07) is 12.4. The molecule has 3 N–H and O–H groups in total. The molecule has 0 aromatic heterocycles. The monoisotopic (exact) mass is 381 g/mol. The predicted molar refractivity (Wildman–Crippen MR) is 113 cm³/mol. The SMILES string of the molecule is CC(=O)Nc1ccc(NC(=O)C(=O)Nc2c(C(C)C)cccc2C(C)C)cc1. The van der Waals surface area contributed by atoms with Gasteiger partial charge in [-0.3, -0.25) is 14.4 Å². The molecule has 2 aromatic carbocycles. The summed E-state index contributed by atoms with van der Waals surface area (Å²) < 4.78 is 0. The Kier molecular flexibility index (Phi) is 6.93. The van der Waals surface area contributed by atoms with Crippen molar-refractivity contribution in [1.82, 2.24) is 0 Å². The molecule has 3 amide bonds. The summed E-state index contributed by atoms with van der Waals surface area (Å²) in [5.41, 5.74) is 3.77. The van der Waals surface area contributed by atoms with Gasteiger partial charge in [0.25, 0.3) is 0 Å². The summed E-state index contributed by atoms with van der Waals surface area (Å²) in [4.78, 5) is 35.9. The van der Waals surface area contributed by atoms with Gasteiger partial charge in [0, 0.05) is 24.0 Å². The minimum absolute atomic E-state index is 0.180. The van der Waals surface area contributed by atoms with Crippen LogP contribution in [0.25, 0.3) is 0 Å². The number of carbonyl (C=O) groups excluding carboxylic acids is 3. The smallest absolute Gasteiger partial charge is 0.314 e. The number of nitrogens with one attached hydrogen (secondary N) is 3. The van der Waals surface area contributed by atoms with Crippen LogP contribution in [0.2, 0.25) is 0 Å². The zero-order valence-electron chi connectivity index (χ0n) is 16.9. The fraction of sp³-hybridized carbons (Fsp3) is 0.318. The number of hydrogen-bond donors (Lipinski definition) is 3. The molecule has 0 saturated heterocycles. The summed E-state index contributed by atoms with van der Waals surface area (Å²) in [5, 5.41) is 8.01. The van der Waals surface area contributed by atoms with Gasteiger partial charge < -0.3 is 16.0 Å². The Morgan fingerprint density at radius 2 is 1.11 bits per heavy atom. The second-order valence-corrected chi connectivity index (χ2v) is 7.29. The maximum atomic E-state index is 12.5. The van der Waals surface area contributed by atoms with Crippen LogP contribution in [0.4, 0.5) is 17.1 Å². The molecule has 0 saturated carbocycles. The van der Waals surface area contributed by atoms with Crippen molar-refractivity contribution in [2.24, 2.45) is 0 Å². The lowest BCUT2D eigenvalue weighted by molar-refractivity contribution is -0.133. The number of amides is 3. The van der Waals surface area contributed by atoms with Gasteiger partial charge >= 0.3 is 11.8 Å². The second kappa shape index (κ2) is 9.17. The van der Waals surface area contributed by atoms with Crippen molar-refractivity contribution in [2.75, 3.05) is 16.0 Å². The molecule has 148 valence electrons. The van der Waals surface area contributed by atoms with E-state index < -0.39 is 11.8 Å². The predicted octanol–water partition coefficient (Wildman–Crippen LogP) is 4.47. The molecule has 0 spiro atoms. The molecule has 0 heterocycles. The van der Waals surface area contributed by atoms with E-state index in [1.165, 1.54) is 6.92 Å². The molecule has 0 aliphatic heterocycles. The molecular weight excluding hydrogens is 354 g/mol. The molecule has 0 bridgehead atoms. The van der Waals surface area contributed by atoms with Crippen LogP contribution in [0.15, 0.2) is 42.5 Å². The number of para-hydroxylation sites is 1. The van der Waals surface area contributed by atoms with Crippen LogP contribution < -0.4 is 16.0 Å². The Hall–Kier alpha value is -3.15. The summed E-state index contributed by atoms with van der Waals surface area (Å²) in [5.74, 6) is -1.24. The molecule has 0 aliphatic carbocycles. The number of anilines is 3. The third-order valence-electron chi connectivity index (χ3n) is 4.28. The van der Waals surface area contributed by atoms with E-state index in [0.717, 1.165) is 11.1 Å². The first-order chi connectivity index (χ1) is 13.2. The first-order valence-corrected chi connectivity index (χ1v) is 9.31. The second-order valence-electron chi connectivity index (χ2n) is 7.29. The molecule has 0 atom stereocenters. The van der Waals surface area contributed by atoms with E-state index in [4.69, 9.17) is 0 Å². The third-order valence-corrected chi connectivity index (χ3v) is 4.28. The van der Waals surface area contributed by atoms with Crippen molar-refractivity contribution in [3.63, 3.8) is 0 Å². The van der Waals surface area contributed by atoms with Crippen molar-refractivity contribution in [1.29, 1.82) is 0 Å². The molecule has 0 radical (unpaired) electrons. The Balaban J connectivity index is 2.14. The average molecular weight is 381 g/mol. The van der Waals surface area contributed by atoms with Gasteiger partial charge in [-0.2, -0.15) is 0 Å². The number of benzene rings is 2. The van der Waals surface area contributed by atoms with E-state index in [-0.39, 0.29) is 17.7 Å². The highest BCUT2D eigenvalue weighted by Gasteiger charge is 2.20. The van der Waals surface area contributed by atoms with E-state index in [1.807, 2.05) is 45.9 Å². The molecule has 0 unspecified atom stereocenters. The van der Waals surface area contributed by atoms with Crippen LogP contribution in [-0.4, -0.2) is 17.7 Å². The van der Waals surface area contributed by atoms with Gasteiger partial charge in [-0.15, -0.1) is 0 Å². The normalized spacial score (nSPS) is 10.7. The standard InChI is InChI=1S/C22H27N3O3/c1-13(2)18-7-6-8-19(14(3)4)20(18)25-22(28)21(27)24-17-11-9-16(10-12-17)23-15(5)26/h6-14H,1-5H3,(H,23,26)(H,24,27)(H,25,28). The molecule has 2 aromatic rings. The summed E-state index contributed by atoms with van der Waals surface area (Å²) in [6.07, 6.45) is 0. The molecule has 6 heteroatoms. The Morgan fingerprint density at radius 1 is 0.679 bits per heavy atom. The van der Waals surface area contributed by atoms with Crippen LogP contribution in [0.5, 0.6) is 0 Å². The van der Waals surface area contributed by atoms with Crippen LogP contribution in [-0.2, 0) is 14.4 Å². The quantitative estimate of drug-likeness (QED) is 0.668. The van der Waals surface area contributed by atoms with Gasteiger partial charge in [0.05, 0.1) is 0 Å². The topological polar surface area (TPSA) is 87.3 Å². The molecule has 2 rings (SSSR count). The minimum Gasteiger partial charge on any atom is -0.326 e. The maximum absolute atomic E-state index is 12.5. The van der Waals surface area contributed by atoms with E-state index in [0.29, 0.717) is 17.1 Å². The van der Waals surface area contributed by atoms with Gasteiger partial charge in [-0.1, -0.05) is 45.9 Å². The first kappa shape index (κ1) is 21.2. The lowest BCUT2D eigenvalue weighted by atomic mass is 9.92.